The van der Waals surface area contributed by atoms with Gasteiger partial charge in [-0.2, -0.15) is 0 Å². The number of benzene rings is 1. The summed E-state index contributed by atoms with van der Waals surface area (Å²) in [6, 6.07) is 7.77. The maximum absolute atomic E-state index is 12.9. The van der Waals surface area contributed by atoms with Gasteiger partial charge in [-0.05, 0) is 43.5 Å². The standard InChI is InChI=1S/C23H27BrCl2N4O/c1-2-18(21(27)23(31)29-30-12-4-3-5-13-30)22(15-6-8-16(24)9-7-15)28-20-11-10-17(25)14-19(20)26/h6-11,19H,2-5,12-14,27H2,1H3,(H,29,31). The van der Waals surface area contributed by atoms with Gasteiger partial charge in [-0.1, -0.05) is 53.0 Å². The fraction of sp³-hybridized carbons (Fsp3) is 0.391. The predicted molar refractivity (Wildman–Crippen MR) is 132 cm³/mol. The van der Waals surface area contributed by atoms with Gasteiger partial charge in [0.05, 0.1) is 16.8 Å². The van der Waals surface area contributed by atoms with Crippen LogP contribution < -0.4 is 11.2 Å². The first-order valence-electron chi connectivity index (χ1n) is 10.5. The summed E-state index contributed by atoms with van der Waals surface area (Å²) < 4.78 is 0.954. The number of hydrogen-bond donors (Lipinski definition) is 2. The molecule has 1 unspecified atom stereocenters. The van der Waals surface area contributed by atoms with Crippen LogP contribution in [0, 0.1) is 0 Å². The van der Waals surface area contributed by atoms with Gasteiger partial charge in [0.2, 0.25) is 0 Å². The Morgan fingerprint density at radius 3 is 2.52 bits per heavy atom. The van der Waals surface area contributed by atoms with Crippen molar-refractivity contribution in [2.24, 2.45) is 10.7 Å². The summed E-state index contributed by atoms with van der Waals surface area (Å²) in [6.07, 6.45) is 8.01. The molecule has 2 aliphatic rings. The second kappa shape index (κ2) is 11.3. The first-order chi connectivity index (χ1) is 14.9. The van der Waals surface area contributed by atoms with E-state index in [0.29, 0.717) is 34.9 Å². The molecule has 1 saturated heterocycles. The molecule has 3 N–H and O–H groups in total. The van der Waals surface area contributed by atoms with E-state index in [2.05, 4.69) is 21.4 Å². The number of piperidine rings is 1. The summed E-state index contributed by atoms with van der Waals surface area (Å²) in [5, 5.41) is 2.29. The molecule has 1 aliphatic heterocycles. The number of amides is 1. The van der Waals surface area contributed by atoms with Crippen LogP contribution in [0.4, 0.5) is 0 Å². The van der Waals surface area contributed by atoms with Crippen molar-refractivity contribution in [3.05, 3.63) is 68.5 Å². The summed E-state index contributed by atoms with van der Waals surface area (Å²) in [5.41, 5.74) is 12.4. The molecule has 1 amide bonds. The smallest absolute Gasteiger partial charge is 0.281 e. The highest BCUT2D eigenvalue weighted by atomic mass is 79.9. The average molecular weight is 526 g/mol. The summed E-state index contributed by atoms with van der Waals surface area (Å²) in [6.45, 7) is 3.64. The maximum atomic E-state index is 12.9. The minimum absolute atomic E-state index is 0.172. The van der Waals surface area contributed by atoms with Crippen molar-refractivity contribution >= 4 is 50.8 Å². The molecule has 1 atom stereocenters. The second-order valence-corrected chi connectivity index (χ2v) is 9.51. The number of carbonyl (C=O) groups is 1. The lowest BCUT2D eigenvalue weighted by atomic mass is 9.97. The molecule has 166 valence electrons. The van der Waals surface area contributed by atoms with Crippen molar-refractivity contribution in [3.8, 4) is 0 Å². The van der Waals surface area contributed by atoms with E-state index >= 15 is 0 Å². The Balaban J connectivity index is 2.01. The molecule has 3 rings (SSSR count). The zero-order chi connectivity index (χ0) is 22.4. The first-order valence-corrected chi connectivity index (χ1v) is 12.1. The Kier molecular flexibility index (Phi) is 8.78. The number of nitrogens with two attached hydrogens (primary N) is 1. The Hall–Kier alpha value is -1.60. The molecule has 1 aromatic carbocycles. The van der Waals surface area contributed by atoms with Crippen LogP contribution >= 0.6 is 39.1 Å². The second-order valence-electron chi connectivity index (χ2n) is 7.58. The van der Waals surface area contributed by atoms with E-state index in [1.807, 2.05) is 42.3 Å². The number of rotatable bonds is 6. The summed E-state index contributed by atoms with van der Waals surface area (Å²) in [4.78, 5) is 17.8. The Morgan fingerprint density at radius 2 is 1.90 bits per heavy atom. The van der Waals surface area contributed by atoms with E-state index in [9.17, 15) is 4.79 Å². The molecule has 1 aliphatic carbocycles. The van der Waals surface area contributed by atoms with Crippen molar-refractivity contribution in [2.45, 2.75) is 44.4 Å². The molecule has 0 bridgehead atoms. The van der Waals surface area contributed by atoms with Crippen molar-refractivity contribution in [1.29, 1.82) is 0 Å². The number of alkyl halides is 1. The van der Waals surface area contributed by atoms with Gasteiger partial charge in [-0.15, -0.1) is 11.6 Å². The SMILES string of the molecule is CCC(C(=NC1=CC=C(Cl)CC1Cl)c1ccc(Br)cc1)=C(N)C(=O)NN1CCCCC1. The lowest BCUT2D eigenvalue weighted by Gasteiger charge is -2.27. The van der Waals surface area contributed by atoms with Gasteiger partial charge in [-0.25, -0.2) is 5.01 Å². The number of nitrogens with zero attached hydrogens (tertiary/aromatic N) is 2. The van der Waals surface area contributed by atoms with E-state index in [4.69, 9.17) is 33.9 Å². The fourth-order valence-corrected chi connectivity index (χ4v) is 4.45. The van der Waals surface area contributed by atoms with Gasteiger partial charge < -0.3 is 5.73 Å². The zero-order valence-corrected chi connectivity index (χ0v) is 20.6. The van der Waals surface area contributed by atoms with Gasteiger partial charge in [0.1, 0.15) is 5.70 Å². The minimum atomic E-state index is -0.343. The first kappa shape index (κ1) is 24.1. The highest BCUT2D eigenvalue weighted by Crippen LogP contribution is 2.29. The third-order valence-electron chi connectivity index (χ3n) is 5.31. The van der Waals surface area contributed by atoms with Crippen molar-refractivity contribution < 1.29 is 4.79 Å². The van der Waals surface area contributed by atoms with Crippen LogP contribution in [0.1, 0.15) is 44.6 Å². The Labute approximate surface area is 202 Å². The summed E-state index contributed by atoms with van der Waals surface area (Å²) in [7, 11) is 0. The van der Waals surface area contributed by atoms with Crippen molar-refractivity contribution in [3.63, 3.8) is 0 Å². The molecule has 1 fully saturated rings. The monoisotopic (exact) mass is 524 g/mol. The zero-order valence-electron chi connectivity index (χ0n) is 17.5. The van der Waals surface area contributed by atoms with Crippen LogP contribution in [-0.2, 0) is 4.79 Å². The van der Waals surface area contributed by atoms with E-state index < -0.39 is 0 Å². The maximum Gasteiger partial charge on any atom is 0.281 e. The quantitative estimate of drug-likeness (QED) is 0.297. The normalized spacial score (nSPS) is 21.2. The van der Waals surface area contributed by atoms with Crippen LogP contribution in [0.5, 0.6) is 0 Å². The van der Waals surface area contributed by atoms with E-state index in [-0.39, 0.29) is 17.0 Å². The number of nitrogens with one attached hydrogen (secondary N) is 1. The topological polar surface area (TPSA) is 70.7 Å². The molecule has 0 saturated carbocycles. The number of allylic oxidation sites excluding steroid dienone is 5. The Bertz CT molecular complexity index is 931. The van der Waals surface area contributed by atoms with Gasteiger partial charge in [0.25, 0.3) is 5.91 Å². The molecule has 8 heteroatoms. The Morgan fingerprint density at radius 1 is 1.23 bits per heavy atom. The molecule has 0 aromatic heterocycles. The van der Waals surface area contributed by atoms with E-state index in [1.165, 1.54) is 6.42 Å². The lowest BCUT2D eigenvalue weighted by molar-refractivity contribution is -0.122. The highest BCUT2D eigenvalue weighted by molar-refractivity contribution is 9.10. The van der Waals surface area contributed by atoms with Crippen LogP contribution in [0.2, 0.25) is 0 Å². The number of halogens is 3. The molecule has 0 spiro atoms. The van der Waals surface area contributed by atoms with E-state index in [0.717, 1.165) is 36.0 Å². The molecule has 31 heavy (non-hydrogen) atoms. The number of aliphatic imine (C=N–C) groups is 1. The predicted octanol–water partition coefficient (Wildman–Crippen LogP) is 5.40. The van der Waals surface area contributed by atoms with E-state index in [1.54, 1.807) is 6.08 Å². The third kappa shape index (κ3) is 6.45. The molecule has 0 radical (unpaired) electrons. The molecule has 1 heterocycles. The molecule has 1 aromatic rings. The largest absolute Gasteiger partial charge is 0.394 e. The molecular formula is C23H27BrCl2N4O. The lowest BCUT2D eigenvalue weighted by Crippen LogP contribution is -2.47. The van der Waals surface area contributed by atoms with Crippen LogP contribution in [0.15, 0.2) is 67.9 Å². The van der Waals surface area contributed by atoms with Gasteiger partial charge in [0, 0.05) is 40.2 Å². The third-order valence-corrected chi connectivity index (χ3v) is 6.50. The van der Waals surface area contributed by atoms with Crippen LogP contribution in [0.25, 0.3) is 0 Å². The van der Waals surface area contributed by atoms with Gasteiger partial charge in [0.15, 0.2) is 0 Å². The summed E-state index contributed by atoms with van der Waals surface area (Å²) in [5.74, 6) is -0.299. The van der Waals surface area contributed by atoms with Gasteiger partial charge >= 0.3 is 0 Å². The van der Waals surface area contributed by atoms with Gasteiger partial charge in [-0.3, -0.25) is 15.2 Å². The van der Waals surface area contributed by atoms with Crippen molar-refractivity contribution in [1.82, 2.24) is 10.4 Å². The van der Waals surface area contributed by atoms with Crippen LogP contribution in [-0.4, -0.2) is 35.1 Å². The molecular weight excluding hydrogens is 499 g/mol. The van der Waals surface area contributed by atoms with Crippen LogP contribution in [0.3, 0.4) is 0 Å². The fourth-order valence-electron chi connectivity index (χ4n) is 3.61. The number of hydrazine groups is 1. The highest BCUT2D eigenvalue weighted by Gasteiger charge is 2.22. The number of carbonyl (C=O) groups excluding carboxylic acids is 1. The average Bonchev–Trinajstić information content (AvgIpc) is 2.76. The number of hydrogen-bond acceptors (Lipinski definition) is 4. The molecule has 5 nitrogen and oxygen atoms in total. The minimum Gasteiger partial charge on any atom is -0.394 e. The van der Waals surface area contributed by atoms with Crippen molar-refractivity contribution in [2.75, 3.05) is 13.1 Å². The summed E-state index contributed by atoms with van der Waals surface area (Å²) >= 11 is 16.1.